The molecule has 4 nitrogen and oxygen atoms in total. The van der Waals surface area contributed by atoms with Gasteiger partial charge in [0.05, 0.1) is 6.61 Å². The van der Waals surface area contributed by atoms with E-state index in [2.05, 4.69) is 12.6 Å². The Bertz CT molecular complexity index is 106. The Hall–Kier alpha value is 0.190. The van der Waals surface area contributed by atoms with Crippen LogP contribution in [0.15, 0.2) is 0 Å². The molecule has 1 aliphatic rings. The fourth-order valence-electron chi connectivity index (χ4n) is 0.791. The van der Waals surface area contributed by atoms with E-state index in [1.807, 2.05) is 0 Å². The molecule has 0 radical (unpaired) electrons. The highest BCUT2D eigenvalue weighted by Gasteiger charge is 2.35. The van der Waals surface area contributed by atoms with Crippen molar-refractivity contribution in [3.63, 3.8) is 0 Å². The molecular weight excluding hydrogens is 156 g/mol. The third-order valence-electron chi connectivity index (χ3n) is 1.47. The van der Waals surface area contributed by atoms with Crippen LogP contribution in [0.1, 0.15) is 0 Å². The maximum Gasteiger partial charge on any atom is 0.129 e. The van der Waals surface area contributed by atoms with Crippen LogP contribution < -0.4 is 0 Å². The fraction of sp³-hybridized carbons (Fsp3) is 1.00. The lowest BCUT2D eigenvalue weighted by atomic mass is 10.1. The van der Waals surface area contributed by atoms with Crippen molar-refractivity contribution in [1.82, 2.24) is 0 Å². The molecule has 1 aliphatic heterocycles. The first kappa shape index (κ1) is 8.29. The molecule has 0 aromatic carbocycles. The zero-order chi connectivity index (χ0) is 7.72. The molecular formula is C5H10O4S. The average molecular weight is 166 g/mol. The van der Waals surface area contributed by atoms with Gasteiger partial charge in [-0.1, -0.05) is 0 Å². The molecule has 1 fully saturated rings. The summed E-state index contributed by atoms with van der Waals surface area (Å²) in [7, 11) is 0. The second-order valence-corrected chi connectivity index (χ2v) is 2.78. The van der Waals surface area contributed by atoms with E-state index in [-0.39, 0.29) is 6.61 Å². The molecule has 5 heteroatoms. The predicted molar refractivity (Wildman–Crippen MR) is 36.7 cm³/mol. The first-order valence-electron chi connectivity index (χ1n) is 2.97. The monoisotopic (exact) mass is 166 g/mol. The molecule has 1 saturated heterocycles. The fourth-order valence-corrected chi connectivity index (χ4v) is 1.05. The van der Waals surface area contributed by atoms with Crippen molar-refractivity contribution >= 4 is 12.6 Å². The largest absolute Gasteiger partial charge is 0.388 e. The molecule has 0 bridgehead atoms. The minimum atomic E-state index is -1.14. The lowest BCUT2D eigenvalue weighted by molar-refractivity contribution is -0.160. The number of ether oxygens (including phenoxy) is 1. The molecule has 0 aromatic heterocycles. The average Bonchev–Trinajstić information content (AvgIpc) is 1.93. The summed E-state index contributed by atoms with van der Waals surface area (Å²) in [5.41, 5.74) is -0.696. The van der Waals surface area contributed by atoms with Gasteiger partial charge in [0, 0.05) is 0 Å². The molecule has 3 N–H and O–H groups in total. The topological polar surface area (TPSA) is 69.9 Å². The number of rotatable bonds is 0. The first-order valence-corrected chi connectivity index (χ1v) is 3.48. The van der Waals surface area contributed by atoms with Crippen molar-refractivity contribution in [3.8, 4) is 0 Å². The molecule has 60 valence electrons. The summed E-state index contributed by atoms with van der Waals surface area (Å²) >= 11 is 3.81. The molecule has 0 saturated carbocycles. The summed E-state index contributed by atoms with van der Waals surface area (Å²) < 4.78 is 4.78. The van der Waals surface area contributed by atoms with Gasteiger partial charge in [-0.15, -0.1) is 12.6 Å². The molecule has 1 heterocycles. The van der Waals surface area contributed by atoms with Crippen LogP contribution in [-0.4, -0.2) is 45.7 Å². The van der Waals surface area contributed by atoms with Gasteiger partial charge in [-0.2, -0.15) is 0 Å². The van der Waals surface area contributed by atoms with E-state index >= 15 is 0 Å². The quantitative estimate of drug-likeness (QED) is 0.326. The van der Waals surface area contributed by atoms with Gasteiger partial charge in [-0.3, -0.25) is 0 Å². The molecule has 0 amide bonds. The highest BCUT2D eigenvalue weighted by Crippen LogP contribution is 2.17. The Kier molecular flexibility index (Phi) is 2.54. The predicted octanol–water partition coefficient (Wildman–Crippen LogP) is -1.64. The first-order chi connectivity index (χ1) is 4.63. The van der Waals surface area contributed by atoms with Gasteiger partial charge in [0.1, 0.15) is 23.7 Å². The summed E-state index contributed by atoms with van der Waals surface area (Å²) in [5, 5.41) is 26.9. The minimum Gasteiger partial charge on any atom is -0.388 e. The van der Waals surface area contributed by atoms with E-state index in [9.17, 15) is 0 Å². The van der Waals surface area contributed by atoms with Gasteiger partial charge in [0.2, 0.25) is 0 Å². The van der Waals surface area contributed by atoms with Gasteiger partial charge < -0.3 is 20.1 Å². The molecule has 0 unspecified atom stereocenters. The van der Waals surface area contributed by atoms with Gasteiger partial charge in [0.25, 0.3) is 0 Å². The number of thiol groups is 1. The summed E-state index contributed by atoms with van der Waals surface area (Å²) in [6, 6.07) is 0. The van der Waals surface area contributed by atoms with Crippen molar-refractivity contribution in [3.05, 3.63) is 0 Å². The number of hydrogen-bond acceptors (Lipinski definition) is 5. The van der Waals surface area contributed by atoms with Crippen LogP contribution in [0, 0.1) is 0 Å². The Balaban J connectivity index is 2.52. The maximum absolute atomic E-state index is 9.01. The van der Waals surface area contributed by atoms with Crippen molar-refractivity contribution in [2.24, 2.45) is 0 Å². The Labute approximate surface area is 63.8 Å². The normalized spacial score (nSPS) is 49.2. The van der Waals surface area contributed by atoms with Crippen molar-refractivity contribution in [1.29, 1.82) is 0 Å². The van der Waals surface area contributed by atoms with Crippen LogP contribution in [0.25, 0.3) is 0 Å². The summed E-state index contributed by atoms with van der Waals surface area (Å²) in [4.78, 5) is 0. The zero-order valence-corrected chi connectivity index (χ0v) is 6.11. The highest BCUT2D eigenvalue weighted by atomic mass is 32.1. The van der Waals surface area contributed by atoms with Crippen LogP contribution in [0.4, 0.5) is 0 Å². The van der Waals surface area contributed by atoms with E-state index in [4.69, 9.17) is 20.1 Å². The van der Waals surface area contributed by atoms with Crippen LogP contribution in [0.3, 0.4) is 0 Å². The van der Waals surface area contributed by atoms with Crippen molar-refractivity contribution in [2.45, 2.75) is 23.7 Å². The third kappa shape index (κ3) is 1.43. The van der Waals surface area contributed by atoms with E-state index in [1.165, 1.54) is 0 Å². The molecule has 10 heavy (non-hydrogen) atoms. The van der Waals surface area contributed by atoms with Gasteiger partial charge in [-0.05, 0) is 0 Å². The van der Waals surface area contributed by atoms with Gasteiger partial charge in [-0.25, -0.2) is 0 Å². The molecule has 1 rings (SSSR count). The van der Waals surface area contributed by atoms with Crippen molar-refractivity contribution in [2.75, 3.05) is 6.61 Å². The van der Waals surface area contributed by atoms with Crippen LogP contribution >= 0.6 is 12.6 Å². The molecule has 0 aliphatic carbocycles. The second-order valence-electron chi connectivity index (χ2n) is 2.27. The van der Waals surface area contributed by atoms with Crippen LogP contribution in [0.5, 0.6) is 0 Å². The summed E-state index contributed by atoms with van der Waals surface area (Å²) in [5.74, 6) is 0. The Morgan fingerprint density at radius 3 is 2.30 bits per heavy atom. The standard InChI is InChI=1S/C5H10O4S/c6-2-1-9-5(10)4(8)3(2)7/h2-8,10H,1H2/t2-,3+,4-,5-/m1/s1. The van der Waals surface area contributed by atoms with E-state index < -0.39 is 23.7 Å². The molecule has 0 spiro atoms. The Morgan fingerprint density at radius 1 is 1.20 bits per heavy atom. The lowest BCUT2D eigenvalue weighted by Crippen LogP contribution is -2.50. The van der Waals surface area contributed by atoms with Gasteiger partial charge in [0.15, 0.2) is 0 Å². The van der Waals surface area contributed by atoms with Crippen molar-refractivity contribution < 1.29 is 20.1 Å². The van der Waals surface area contributed by atoms with Crippen LogP contribution in [-0.2, 0) is 4.74 Å². The SMILES string of the molecule is O[C@@H]1[C@@H](O)[C@@H](S)OC[C@H]1O. The highest BCUT2D eigenvalue weighted by molar-refractivity contribution is 7.80. The lowest BCUT2D eigenvalue weighted by Gasteiger charge is -2.32. The smallest absolute Gasteiger partial charge is 0.129 e. The third-order valence-corrected chi connectivity index (χ3v) is 1.93. The van der Waals surface area contributed by atoms with E-state index in [0.717, 1.165) is 0 Å². The Morgan fingerprint density at radius 2 is 1.80 bits per heavy atom. The van der Waals surface area contributed by atoms with Crippen LogP contribution in [0.2, 0.25) is 0 Å². The summed E-state index contributed by atoms with van der Waals surface area (Å²) in [6.45, 7) is 0.0202. The number of aliphatic hydroxyl groups excluding tert-OH is 3. The van der Waals surface area contributed by atoms with Gasteiger partial charge >= 0.3 is 0 Å². The maximum atomic E-state index is 9.01. The number of hydrogen-bond donors (Lipinski definition) is 4. The minimum absolute atomic E-state index is 0.0202. The van der Waals surface area contributed by atoms with E-state index in [1.54, 1.807) is 0 Å². The summed E-state index contributed by atoms with van der Waals surface area (Å²) in [6.07, 6.45) is -3.25. The number of aliphatic hydroxyl groups is 3. The zero-order valence-electron chi connectivity index (χ0n) is 5.21. The molecule has 4 atom stereocenters. The second kappa shape index (κ2) is 3.06. The molecule has 0 aromatic rings. The van der Waals surface area contributed by atoms with E-state index in [0.29, 0.717) is 0 Å².